The zero-order valence-electron chi connectivity index (χ0n) is 10.5. The summed E-state index contributed by atoms with van der Waals surface area (Å²) < 4.78 is 4.93. The number of hydrogen-bond acceptors (Lipinski definition) is 4. The lowest BCUT2D eigenvalue weighted by Gasteiger charge is -2.17. The average molecular weight is 248 g/mol. The van der Waals surface area contributed by atoms with E-state index in [1.165, 1.54) is 6.20 Å². The first-order valence-electron chi connectivity index (χ1n) is 5.48. The highest BCUT2D eigenvalue weighted by molar-refractivity contribution is 5.96. The summed E-state index contributed by atoms with van der Waals surface area (Å²) in [5.74, 6) is 5.08. The Balaban J connectivity index is 2.91. The molecule has 0 fully saturated rings. The molecule has 0 bridgehead atoms. The maximum absolute atomic E-state index is 12.1. The molecule has 1 aromatic heterocycles. The Hall–Kier alpha value is -1.90. The zero-order chi connectivity index (χ0) is 13.4. The van der Waals surface area contributed by atoms with Gasteiger partial charge in [-0.25, -0.2) is 0 Å². The van der Waals surface area contributed by atoms with Crippen LogP contribution in [0.3, 0.4) is 0 Å². The smallest absolute Gasteiger partial charge is 0.255 e. The molecule has 96 valence electrons. The molecule has 5 heteroatoms. The quantitative estimate of drug-likeness (QED) is 0.770. The highest BCUT2D eigenvalue weighted by Crippen LogP contribution is 2.08. The molecule has 1 aromatic rings. The van der Waals surface area contributed by atoms with Gasteiger partial charge in [-0.1, -0.05) is 11.8 Å². The molecule has 1 heterocycles. The van der Waals surface area contributed by atoms with Gasteiger partial charge in [-0.2, -0.15) is 0 Å². The Labute approximate surface area is 106 Å². The second-order valence-corrected chi connectivity index (χ2v) is 3.60. The molecule has 18 heavy (non-hydrogen) atoms. The van der Waals surface area contributed by atoms with Crippen LogP contribution in [0, 0.1) is 11.8 Å². The molecule has 0 aromatic carbocycles. The fourth-order valence-electron chi connectivity index (χ4n) is 1.35. The number of carbonyl (C=O) groups is 1. The summed E-state index contributed by atoms with van der Waals surface area (Å²) in [6.07, 6.45) is 3.06. The minimum atomic E-state index is -0.248. The third-order valence-electron chi connectivity index (χ3n) is 2.33. The van der Waals surface area contributed by atoms with Crippen LogP contribution in [0.4, 0.5) is 0 Å². The molecule has 0 radical (unpaired) electrons. The molecule has 1 amide bonds. The number of ether oxygens (including phenoxy) is 1. The molecule has 1 rings (SSSR count). The number of aliphatic hydroxyl groups is 1. The molecule has 0 aliphatic rings. The van der Waals surface area contributed by atoms with Crippen LogP contribution in [-0.2, 0) is 4.74 Å². The predicted octanol–water partition coefficient (Wildman–Crippen LogP) is 0.144. The van der Waals surface area contributed by atoms with Gasteiger partial charge < -0.3 is 14.7 Å². The van der Waals surface area contributed by atoms with E-state index in [-0.39, 0.29) is 12.5 Å². The van der Waals surface area contributed by atoms with E-state index < -0.39 is 0 Å². The van der Waals surface area contributed by atoms with E-state index in [0.717, 1.165) is 0 Å². The molecule has 0 aliphatic heterocycles. The Bertz CT molecular complexity index is 463. The van der Waals surface area contributed by atoms with Crippen LogP contribution in [0.1, 0.15) is 15.9 Å². The van der Waals surface area contributed by atoms with Crippen LogP contribution in [-0.4, -0.2) is 54.8 Å². The first kappa shape index (κ1) is 14.2. The van der Waals surface area contributed by atoms with Gasteiger partial charge in [0.1, 0.15) is 6.61 Å². The highest BCUT2D eigenvalue weighted by atomic mass is 16.5. The molecule has 0 atom stereocenters. The fourth-order valence-corrected chi connectivity index (χ4v) is 1.35. The molecular weight excluding hydrogens is 232 g/mol. The SMILES string of the molecule is COCCN(C)C(=O)c1ccncc1C#CCO. The molecule has 0 unspecified atom stereocenters. The summed E-state index contributed by atoms with van der Waals surface area (Å²) in [5, 5.41) is 8.68. The van der Waals surface area contributed by atoms with Gasteiger partial charge in [0.15, 0.2) is 0 Å². The maximum Gasteiger partial charge on any atom is 0.255 e. The van der Waals surface area contributed by atoms with Crippen molar-refractivity contribution in [2.75, 3.05) is 33.9 Å². The summed E-state index contributed by atoms with van der Waals surface area (Å²) in [4.78, 5) is 17.6. The first-order valence-corrected chi connectivity index (χ1v) is 5.48. The minimum absolute atomic E-state index is 0.142. The summed E-state index contributed by atoms with van der Waals surface area (Å²) in [5.41, 5.74) is 0.991. The van der Waals surface area contributed by atoms with E-state index >= 15 is 0 Å². The third kappa shape index (κ3) is 3.84. The Morgan fingerprint density at radius 3 is 3.06 bits per heavy atom. The predicted molar refractivity (Wildman–Crippen MR) is 67.0 cm³/mol. The molecular formula is C13H16N2O3. The van der Waals surface area contributed by atoms with E-state index in [2.05, 4.69) is 16.8 Å². The summed E-state index contributed by atoms with van der Waals surface area (Å²) in [6, 6.07) is 1.62. The number of rotatable bonds is 4. The van der Waals surface area contributed by atoms with Crippen molar-refractivity contribution in [1.82, 2.24) is 9.88 Å². The van der Waals surface area contributed by atoms with Gasteiger partial charge in [-0.3, -0.25) is 9.78 Å². The first-order chi connectivity index (χ1) is 8.70. The normalized spacial score (nSPS) is 9.50. The zero-order valence-corrected chi connectivity index (χ0v) is 10.5. The largest absolute Gasteiger partial charge is 0.384 e. The fraction of sp³-hybridized carbons (Fsp3) is 0.385. The van der Waals surface area contributed by atoms with Crippen molar-refractivity contribution in [2.24, 2.45) is 0 Å². The highest BCUT2D eigenvalue weighted by Gasteiger charge is 2.14. The Morgan fingerprint density at radius 2 is 2.39 bits per heavy atom. The summed E-state index contributed by atoms with van der Waals surface area (Å²) in [6.45, 7) is 0.734. The van der Waals surface area contributed by atoms with Crippen LogP contribution < -0.4 is 0 Å². The number of hydrogen-bond donors (Lipinski definition) is 1. The van der Waals surface area contributed by atoms with Gasteiger partial charge in [0, 0.05) is 33.1 Å². The standard InChI is InChI=1S/C13H16N2O3/c1-15(7-9-18-2)13(17)12-5-6-14-10-11(12)4-3-8-16/h5-6,10,16H,7-9H2,1-2H3. The lowest BCUT2D eigenvalue weighted by atomic mass is 10.1. The molecule has 0 aliphatic carbocycles. The average Bonchev–Trinajstić information content (AvgIpc) is 2.42. The van der Waals surface area contributed by atoms with Crippen molar-refractivity contribution >= 4 is 5.91 Å². The summed E-state index contributed by atoms with van der Waals surface area (Å²) in [7, 11) is 3.29. The number of aromatic nitrogens is 1. The van der Waals surface area contributed by atoms with Gasteiger partial charge in [0.2, 0.25) is 0 Å². The van der Waals surface area contributed by atoms with Crippen molar-refractivity contribution in [3.05, 3.63) is 29.6 Å². The number of aliphatic hydroxyl groups excluding tert-OH is 1. The Kier molecular flexibility index (Phi) is 5.85. The topological polar surface area (TPSA) is 62.7 Å². The van der Waals surface area contributed by atoms with Crippen molar-refractivity contribution in [1.29, 1.82) is 0 Å². The van der Waals surface area contributed by atoms with Crippen LogP contribution >= 0.6 is 0 Å². The van der Waals surface area contributed by atoms with Crippen molar-refractivity contribution < 1.29 is 14.6 Å². The monoisotopic (exact) mass is 248 g/mol. The van der Waals surface area contributed by atoms with E-state index in [1.54, 1.807) is 31.3 Å². The number of methoxy groups -OCH3 is 1. The van der Waals surface area contributed by atoms with Crippen molar-refractivity contribution in [2.45, 2.75) is 0 Å². The number of likely N-dealkylation sites (N-methyl/N-ethyl adjacent to an activating group) is 1. The lowest BCUT2D eigenvalue weighted by Crippen LogP contribution is -2.30. The molecule has 1 N–H and O–H groups in total. The van der Waals surface area contributed by atoms with Crippen LogP contribution in [0.15, 0.2) is 18.5 Å². The van der Waals surface area contributed by atoms with Crippen LogP contribution in [0.5, 0.6) is 0 Å². The van der Waals surface area contributed by atoms with Gasteiger partial charge in [0.25, 0.3) is 5.91 Å². The van der Waals surface area contributed by atoms with E-state index in [1.807, 2.05) is 0 Å². The van der Waals surface area contributed by atoms with Crippen LogP contribution in [0.2, 0.25) is 0 Å². The van der Waals surface area contributed by atoms with Gasteiger partial charge in [0.05, 0.1) is 17.7 Å². The molecule has 0 saturated carbocycles. The van der Waals surface area contributed by atoms with Gasteiger partial charge in [-0.05, 0) is 6.07 Å². The number of amides is 1. The van der Waals surface area contributed by atoms with E-state index in [4.69, 9.17) is 9.84 Å². The second kappa shape index (κ2) is 7.43. The van der Waals surface area contributed by atoms with Crippen molar-refractivity contribution in [3.8, 4) is 11.8 Å². The minimum Gasteiger partial charge on any atom is -0.384 e. The van der Waals surface area contributed by atoms with Crippen molar-refractivity contribution in [3.63, 3.8) is 0 Å². The van der Waals surface area contributed by atoms with E-state index in [9.17, 15) is 4.79 Å². The molecule has 5 nitrogen and oxygen atoms in total. The molecule has 0 saturated heterocycles. The number of pyridine rings is 1. The van der Waals surface area contributed by atoms with Crippen LogP contribution in [0.25, 0.3) is 0 Å². The molecule has 0 spiro atoms. The summed E-state index contributed by atoms with van der Waals surface area (Å²) >= 11 is 0. The number of nitrogens with zero attached hydrogens (tertiary/aromatic N) is 2. The maximum atomic E-state index is 12.1. The third-order valence-corrected chi connectivity index (χ3v) is 2.33. The van der Waals surface area contributed by atoms with Gasteiger partial charge in [-0.15, -0.1) is 0 Å². The number of carbonyl (C=O) groups excluding carboxylic acids is 1. The Morgan fingerprint density at radius 1 is 1.61 bits per heavy atom. The second-order valence-electron chi connectivity index (χ2n) is 3.60. The van der Waals surface area contributed by atoms with Gasteiger partial charge >= 0.3 is 0 Å². The lowest BCUT2D eigenvalue weighted by molar-refractivity contribution is 0.0744. The van der Waals surface area contributed by atoms with E-state index in [0.29, 0.717) is 24.3 Å².